The summed E-state index contributed by atoms with van der Waals surface area (Å²) in [5.74, 6) is 0.774. The van der Waals surface area contributed by atoms with E-state index in [0.717, 1.165) is 18.9 Å². The second kappa shape index (κ2) is 6.69. The molecule has 4 nitrogen and oxygen atoms in total. The molecule has 0 spiro atoms. The van der Waals surface area contributed by atoms with E-state index in [1.165, 1.54) is 37.9 Å². The second-order valence-electron chi connectivity index (χ2n) is 5.05. The lowest BCUT2D eigenvalue weighted by atomic mass is 10.1. The molecule has 100 valence electrons. The highest BCUT2D eigenvalue weighted by Crippen LogP contribution is 2.14. The third kappa shape index (κ3) is 3.67. The molecule has 4 heteroatoms. The molecule has 1 atom stereocenters. The second-order valence-corrected chi connectivity index (χ2v) is 5.05. The first-order valence-electron chi connectivity index (χ1n) is 7.11. The van der Waals surface area contributed by atoms with Crippen LogP contribution in [0.2, 0.25) is 0 Å². The van der Waals surface area contributed by atoms with Crippen molar-refractivity contribution < 1.29 is 0 Å². The monoisotopic (exact) mass is 248 g/mol. The molecule has 1 aliphatic heterocycles. The van der Waals surface area contributed by atoms with Crippen LogP contribution in [0.1, 0.15) is 38.7 Å². The average molecular weight is 248 g/mol. The first-order valence-corrected chi connectivity index (χ1v) is 7.11. The zero-order valence-corrected chi connectivity index (χ0v) is 11.5. The van der Waals surface area contributed by atoms with Crippen LogP contribution in [0.5, 0.6) is 0 Å². The Morgan fingerprint density at radius 2 is 2.11 bits per heavy atom. The number of nitrogens with one attached hydrogen (secondary N) is 1. The standard InChI is InChI=1S/C14H24N4/c1-3-7-18-8-5-6-13(11-18)17-14-15-9-12(4-2)10-16-14/h9-10,13H,3-8,11H2,1-2H3,(H,15,16,17)/t13-/m0/s1. The molecular weight excluding hydrogens is 224 g/mol. The molecule has 1 fully saturated rings. The van der Waals surface area contributed by atoms with Crippen molar-refractivity contribution in [3.8, 4) is 0 Å². The van der Waals surface area contributed by atoms with Crippen molar-refractivity contribution in [1.82, 2.24) is 14.9 Å². The minimum Gasteiger partial charge on any atom is -0.350 e. The van der Waals surface area contributed by atoms with Crippen molar-refractivity contribution in [1.29, 1.82) is 0 Å². The molecule has 0 aromatic carbocycles. The number of likely N-dealkylation sites (tertiary alicyclic amines) is 1. The first kappa shape index (κ1) is 13.3. The van der Waals surface area contributed by atoms with Gasteiger partial charge in [0.1, 0.15) is 0 Å². The molecule has 0 unspecified atom stereocenters. The normalized spacial score (nSPS) is 20.9. The predicted molar refractivity (Wildman–Crippen MR) is 74.8 cm³/mol. The number of hydrogen-bond acceptors (Lipinski definition) is 4. The molecule has 1 aromatic rings. The van der Waals surface area contributed by atoms with Crippen LogP contribution in [0.4, 0.5) is 5.95 Å². The van der Waals surface area contributed by atoms with Crippen LogP contribution in [-0.4, -0.2) is 40.5 Å². The lowest BCUT2D eigenvalue weighted by Gasteiger charge is -2.32. The van der Waals surface area contributed by atoms with Gasteiger partial charge in [0.05, 0.1) is 0 Å². The van der Waals surface area contributed by atoms with Crippen LogP contribution < -0.4 is 5.32 Å². The van der Waals surface area contributed by atoms with Crippen molar-refractivity contribution in [2.75, 3.05) is 25.0 Å². The zero-order chi connectivity index (χ0) is 12.8. The van der Waals surface area contributed by atoms with Crippen molar-refractivity contribution in [3.05, 3.63) is 18.0 Å². The third-order valence-corrected chi connectivity index (χ3v) is 3.49. The maximum Gasteiger partial charge on any atom is 0.222 e. The Kier molecular flexibility index (Phi) is 4.93. The number of aromatic nitrogens is 2. The zero-order valence-electron chi connectivity index (χ0n) is 11.5. The SMILES string of the molecule is CCCN1CCC[C@H](Nc2ncc(CC)cn2)C1. The van der Waals surface area contributed by atoms with Gasteiger partial charge in [-0.3, -0.25) is 0 Å². The van der Waals surface area contributed by atoms with E-state index < -0.39 is 0 Å². The molecule has 1 saturated heterocycles. The Labute approximate surface area is 110 Å². The highest BCUT2D eigenvalue weighted by Gasteiger charge is 2.19. The maximum absolute atomic E-state index is 4.37. The molecule has 1 N–H and O–H groups in total. The molecule has 0 saturated carbocycles. The lowest BCUT2D eigenvalue weighted by molar-refractivity contribution is 0.216. The summed E-state index contributed by atoms with van der Waals surface area (Å²) in [7, 11) is 0. The first-order chi connectivity index (χ1) is 8.81. The van der Waals surface area contributed by atoms with Crippen LogP contribution in [0.25, 0.3) is 0 Å². The van der Waals surface area contributed by atoms with Gasteiger partial charge < -0.3 is 10.2 Å². The van der Waals surface area contributed by atoms with Gasteiger partial charge in [0, 0.05) is 25.0 Å². The van der Waals surface area contributed by atoms with Crippen molar-refractivity contribution >= 4 is 5.95 Å². The summed E-state index contributed by atoms with van der Waals surface area (Å²) in [6.45, 7) is 7.92. The van der Waals surface area contributed by atoms with Gasteiger partial charge in [-0.2, -0.15) is 0 Å². The highest BCUT2D eigenvalue weighted by molar-refractivity contribution is 5.26. The molecule has 0 aliphatic carbocycles. The largest absolute Gasteiger partial charge is 0.350 e. The number of anilines is 1. The fourth-order valence-corrected chi connectivity index (χ4v) is 2.49. The molecule has 2 heterocycles. The van der Waals surface area contributed by atoms with Gasteiger partial charge in [-0.05, 0) is 44.3 Å². The van der Waals surface area contributed by atoms with Gasteiger partial charge in [-0.1, -0.05) is 13.8 Å². The quantitative estimate of drug-likeness (QED) is 0.868. The van der Waals surface area contributed by atoms with Crippen molar-refractivity contribution in [2.24, 2.45) is 0 Å². The molecule has 2 rings (SSSR count). The molecule has 0 bridgehead atoms. The third-order valence-electron chi connectivity index (χ3n) is 3.49. The van der Waals surface area contributed by atoms with Gasteiger partial charge in [-0.15, -0.1) is 0 Å². The molecule has 0 radical (unpaired) electrons. The van der Waals surface area contributed by atoms with Gasteiger partial charge in [0.15, 0.2) is 0 Å². The number of nitrogens with zero attached hydrogens (tertiary/aromatic N) is 3. The van der Waals surface area contributed by atoms with E-state index in [1.807, 2.05) is 12.4 Å². The van der Waals surface area contributed by atoms with Crippen LogP contribution in [0.15, 0.2) is 12.4 Å². The van der Waals surface area contributed by atoms with E-state index in [0.29, 0.717) is 6.04 Å². The summed E-state index contributed by atoms with van der Waals surface area (Å²) < 4.78 is 0. The van der Waals surface area contributed by atoms with E-state index >= 15 is 0 Å². The molecule has 18 heavy (non-hydrogen) atoms. The van der Waals surface area contributed by atoms with E-state index in [1.54, 1.807) is 0 Å². The van der Waals surface area contributed by atoms with Crippen molar-refractivity contribution in [2.45, 2.75) is 45.6 Å². The Morgan fingerprint density at radius 3 is 2.78 bits per heavy atom. The number of rotatable bonds is 5. The Balaban J connectivity index is 1.87. The Morgan fingerprint density at radius 1 is 1.33 bits per heavy atom. The Hall–Kier alpha value is -1.16. The fraction of sp³-hybridized carbons (Fsp3) is 0.714. The van der Waals surface area contributed by atoms with Crippen LogP contribution >= 0.6 is 0 Å². The fourth-order valence-electron chi connectivity index (χ4n) is 2.49. The summed E-state index contributed by atoms with van der Waals surface area (Å²) in [4.78, 5) is 11.3. The number of piperidine rings is 1. The summed E-state index contributed by atoms with van der Waals surface area (Å²) in [6.07, 6.45) is 8.55. The molecular formula is C14H24N4. The minimum atomic E-state index is 0.498. The lowest BCUT2D eigenvalue weighted by Crippen LogP contribution is -2.42. The van der Waals surface area contributed by atoms with Gasteiger partial charge in [0.25, 0.3) is 0 Å². The predicted octanol–water partition coefficient (Wildman–Crippen LogP) is 2.33. The smallest absolute Gasteiger partial charge is 0.222 e. The van der Waals surface area contributed by atoms with E-state index in [4.69, 9.17) is 0 Å². The van der Waals surface area contributed by atoms with Crippen LogP contribution in [-0.2, 0) is 6.42 Å². The molecule has 1 aliphatic rings. The van der Waals surface area contributed by atoms with Gasteiger partial charge >= 0.3 is 0 Å². The van der Waals surface area contributed by atoms with Gasteiger partial charge in [0.2, 0.25) is 5.95 Å². The summed E-state index contributed by atoms with van der Waals surface area (Å²) >= 11 is 0. The molecule has 1 aromatic heterocycles. The van der Waals surface area contributed by atoms with Crippen LogP contribution in [0, 0.1) is 0 Å². The average Bonchev–Trinajstić information content (AvgIpc) is 2.40. The maximum atomic E-state index is 4.37. The topological polar surface area (TPSA) is 41.0 Å². The minimum absolute atomic E-state index is 0.498. The summed E-state index contributed by atoms with van der Waals surface area (Å²) in [5.41, 5.74) is 1.19. The van der Waals surface area contributed by atoms with E-state index in [9.17, 15) is 0 Å². The number of hydrogen-bond donors (Lipinski definition) is 1. The number of aryl methyl sites for hydroxylation is 1. The molecule has 0 amide bonds. The van der Waals surface area contributed by atoms with Crippen molar-refractivity contribution in [3.63, 3.8) is 0 Å². The Bertz CT molecular complexity index is 347. The van der Waals surface area contributed by atoms with Crippen LogP contribution in [0.3, 0.4) is 0 Å². The van der Waals surface area contributed by atoms with E-state index in [-0.39, 0.29) is 0 Å². The van der Waals surface area contributed by atoms with E-state index in [2.05, 4.69) is 34.0 Å². The summed E-state index contributed by atoms with van der Waals surface area (Å²) in [6, 6.07) is 0.498. The highest BCUT2D eigenvalue weighted by atomic mass is 15.2. The summed E-state index contributed by atoms with van der Waals surface area (Å²) in [5, 5.41) is 3.46. The van der Waals surface area contributed by atoms with Gasteiger partial charge in [-0.25, -0.2) is 9.97 Å².